The van der Waals surface area contributed by atoms with Crippen molar-refractivity contribution in [2.75, 3.05) is 32.1 Å². The smallest absolute Gasteiger partial charge is 0.416 e. The number of benzene rings is 1. The highest BCUT2D eigenvalue weighted by atomic mass is 19.4. The summed E-state index contributed by atoms with van der Waals surface area (Å²) in [6, 6.07) is 4.93. The molecule has 1 aromatic carbocycles. The van der Waals surface area contributed by atoms with E-state index in [4.69, 9.17) is 9.47 Å². The first-order valence-electron chi connectivity index (χ1n) is 9.02. The number of hydrogen-bond donors (Lipinski definition) is 1. The van der Waals surface area contributed by atoms with E-state index in [1.165, 1.54) is 12.1 Å². The van der Waals surface area contributed by atoms with Crippen LogP contribution in [0.5, 0.6) is 12.0 Å². The number of piperidine rings is 1. The summed E-state index contributed by atoms with van der Waals surface area (Å²) in [5.41, 5.74) is -0.562. The molecule has 7 nitrogen and oxygen atoms in total. The van der Waals surface area contributed by atoms with Gasteiger partial charge in [0, 0.05) is 18.8 Å². The van der Waals surface area contributed by atoms with Crippen molar-refractivity contribution in [3.05, 3.63) is 29.8 Å². The van der Waals surface area contributed by atoms with Crippen molar-refractivity contribution in [1.29, 1.82) is 0 Å². The fourth-order valence-electron chi connectivity index (χ4n) is 2.79. The molecular formula is C18H22F3N5O2. The largest absolute Gasteiger partial charge is 0.464 e. The summed E-state index contributed by atoms with van der Waals surface area (Å²) in [7, 11) is 2.05. The van der Waals surface area contributed by atoms with Crippen molar-refractivity contribution in [1.82, 2.24) is 19.9 Å². The fraction of sp³-hybridized carbons (Fsp3) is 0.500. The van der Waals surface area contributed by atoms with Gasteiger partial charge in [-0.05, 0) is 45.0 Å². The molecule has 2 heterocycles. The molecular weight excluding hydrogens is 375 g/mol. The maximum absolute atomic E-state index is 12.9. The van der Waals surface area contributed by atoms with Gasteiger partial charge in [-0.3, -0.25) is 0 Å². The third kappa shape index (κ3) is 5.44. The Balaban J connectivity index is 1.79. The van der Waals surface area contributed by atoms with Crippen LogP contribution < -0.4 is 14.8 Å². The first-order chi connectivity index (χ1) is 13.3. The Labute approximate surface area is 160 Å². The minimum atomic E-state index is -4.43. The third-order valence-corrected chi connectivity index (χ3v) is 4.25. The Morgan fingerprint density at radius 1 is 1.14 bits per heavy atom. The van der Waals surface area contributed by atoms with Crippen LogP contribution in [0.1, 0.15) is 25.3 Å². The lowest BCUT2D eigenvalue weighted by Crippen LogP contribution is -2.36. The number of anilines is 2. The number of aromatic nitrogens is 3. The lowest BCUT2D eigenvalue weighted by atomic mass is 10.1. The van der Waals surface area contributed by atoms with Crippen molar-refractivity contribution < 1.29 is 22.6 Å². The predicted octanol–water partition coefficient (Wildman–Crippen LogP) is 3.51. The average Bonchev–Trinajstić information content (AvgIpc) is 2.63. The van der Waals surface area contributed by atoms with Crippen LogP contribution in [-0.4, -0.2) is 52.7 Å². The summed E-state index contributed by atoms with van der Waals surface area (Å²) >= 11 is 0. The molecule has 10 heteroatoms. The van der Waals surface area contributed by atoms with E-state index < -0.39 is 11.7 Å². The zero-order valence-corrected chi connectivity index (χ0v) is 15.7. The number of ether oxygens (including phenoxy) is 2. The summed E-state index contributed by atoms with van der Waals surface area (Å²) in [4.78, 5) is 14.6. The van der Waals surface area contributed by atoms with E-state index >= 15 is 0 Å². The van der Waals surface area contributed by atoms with Gasteiger partial charge in [-0.15, -0.1) is 4.98 Å². The quantitative estimate of drug-likeness (QED) is 0.800. The minimum Gasteiger partial charge on any atom is -0.464 e. The molecule has 1 aliphatic rings. The molecule has 0 bridgehead atoms. The zero-order chi connectivity index (χ0) is 20.1. The van der Waals surface area contributed by atoms with E-state index in [0.29, 0.717) is 6.61 Å². The molecule has 0 atom stereocenters. The highest BCUT2D eigenvalue weighted by molar-refractivity contribution is 5.55. The molecule has 0 unspecified atom stereocenters. The second kappa shape index (κ2) is 8.59. The summed E-state index contributed by atoms with van der Waals surface area (Å²) in [5.74, 6) is 0.0562. The second-order valence-corrected chi connectivity index (χ2v) is 6.48. The van der Waals surface area contributed by atoms with E-state index in [1.54, 1.807) is 6.92 Å². The van der Waals surface area contributed by atoms with E-state index in [-0.39, 0.29) is 29.8 Å². The van der Waals surface area contributed by atoms with Gasteiger partial charge in [0.1, 0.15) is 6.10 Å². The topological polar surface area (TPSA) is 72.4 Å². The normalized spacial score (nSPS) is 16.0. The van der Waals surface area contributed by atoms with Gasteiger partial charge in [0.15, 0.2) is 0 Å². The van der Waals surface area contributed by atoms with Crippen LogP contribution in [0.25, 0.3) is 0 Å². The number of nitrogens with one attached hydrogen (secondary N) is 1. The first kappa shape index (κ1) is 20.1. The number of nitrogens with zero attached hydrogens (tertiary/aromatic N) is 4. The van der Waals surface area contributed by atoms with E-state index in [1.807, 2.05) is 7.05 Å². The lowest BCUT2D eigenvalue weighted by Gasteiger charge is -2.28. The number of likely N-dealkylation sites (tertiary alicyclic amines) is 1. The van der Waals surface area contributed by atoms with Gasteiger partial charge in [0.2, 0.25) is 5.95 Å². The van der Waals surface area contributed by atoms with Crippen LogP contribution in [0.15, 0.2) is 24.3 Å². The van der Waals surface area contributed by atoms with Crippen molar-refractivity contribution in [2.45, 2.75) is 32.0 Å². The van der Waals surface area contributed by atoms with Crippen LogP contribution in [-0.2, 0) is 6.18 Å². The Morgan fingerprint density at radius 3 is 2.54 bits per heavy atom. The number of hydrogen-bond acceptors (Lipinski definition) is 7. The molecule has 0 aliphatic carbocycles. The molecule has 3 rings (SSSR count). The number of halogens is 3. The van der Waals surface area contributed by atoms with E-state index in [2.05, 4.69) is 25.2 Å². The van der Waals surface area contributed by atoms with Crippen LogP contribution in [0.4, 0.5) is 24.8 Å². The fourth-order valence-corrected chi connectivity index (χ4v) is 2.79. The van der Waals surface area contributed by atoms with Crippen molar-refractivity contribution in [3.8, 4) is 12.0 Å². The highest BCUT2D eigenvalue weighted by Crippen LogP contribution is 2.31. The maximum atomic E-state index is 12.9. The molecule has 1 saturated heterocycles. The molecule has 152 valence electrons. The monoisotopic (exact) mass is 397 g/mol. The molecule has 2 aromatic rings. The van der Waals surface area contributed by atoms with Crippen LogP contribution >= 0.6 is 0 Å². The van der Waals surface area contributed by atoms with Crippen LogP contribution in [0.2, 0.25) is 0 Å². The number of alkyl halides is 3. The van der Waals surface area contributed by atoms with Gasteiger partial charge in [-0.1, -0.05) is 6.07 Å². The number of rotatable bonds is 6. The predicted molar refractivity (Wildman–Crippen MR) is 96.9 cm³/mol. The molecule has 1 N–H and O–H groups in total. The molecule has 0 radical (unpaired) electrons. The molecule has 0 amide bonds. The standard InChI is InChI=1S/C18H22F3N5O2/c1-3-27-16-23-15(22-13-6-4-5-12(11-13)18(19,20)21)24-17(25-16)28-14-7-9-26(2)10-8-14/h4-6,11,14H,3,7-10H2,1-2H3,(H,22,23,24,25). The Hall–Kier alpha value is -2.62. The van der Waals surface area contributed by atoms with Gasteiger partial charge in [0.05, 0.1) is 12.2 Å². The third-order valence-electron chi connectivity index (χ3n) is 4.25. The van der Waals surface area contributed by atoms with Crippen LogP contribution in [0.3, 0.4) is 0 Å². The average molecular weight is 397 g/mol. The molecule has 0 spiro atoms. The van der Waals surface area contributed by atoms with Crippen LogP contribution in [0, 0.1) is 0 Å². The van der Waals surface area contributed by atoms with E-state index in [0.717, 1.165) is 38.1 Å². The van der Waals surface area contributed by atoms with Gasteiger partial charge < -0.3 is 19.7 Å². The summed E-state index contributed by atoms with van der Waals surface area (Å²) in [5, 5.41) is 2.77. The van der Waals surface area contributed by atoms with Gasteiger partial charge in [0.25, 0.3) is 0 Å². The van der Waals surface area contributed by atoms with Crippen molar-refractivity contribution in [2.24, 2.45) is 0 Å². The summed E-state index contributed by atoms with van der Waals surface area (Å²) in [6.45, 7) is 3.93. The lowest BCUT2D eigenvalue weighted by molar-refractivity contribution is -0.137. The zero-order valence-electron chi connectivity index (χ0n) is 15.7. The first-order valence-corrected chi connectivity index (χ1v) is 9.02. The summed E-state index contributed by atoms with van der Waals surface area (Å²) < 4.78 is 49.9. The SMILES string of the molecule is CCOc1nc(Nc2cccc(C(F)(F)F)c2)nc(OC2CCN(C)CC2)n1. The summed E-state index contributed by atoms with van der Waals surface area (Å²) in [6.07, 6.45) is -2.80. The Bertz CT molecular complexity index is 795. The van der Waals surface area contributed by atoms with Gasteiger partial charge >= 0.3 is 18.2 Å². The Morgan fingerprint density at radius 2 is 1.86 bits per heavy atom. The van der Waals surface area contributed by atoms with Crippen molar-refractivity contribution >= 4 is 11.6 Å². The molecule has 1 fully saturated rings. The molecule has 0 saturated carbocycles. The molecule has 28 heavy (non-hydrogen) atoms. The second-order valence-electron chi connectivity index (χ2n) is 6.48. The minimum absolute atomic E-state index is 0.0329. The maximum Gasteiger partial charge on any atom is 0.416 e. The molecule has 1 aliphatic heterocycles. The van der Waals surface area contributed by atoms with Gasteiger partial charge in [-0.25, -0.2) is 0 Å². The highest BCUT2D eigenvalue weighted by Gasteiger charge is 2.30. The Kier molecular flexibility index (Phi) is 6.18. The van der Waals surface area contributed by atoms with Gasteiger partial charge in [-0.2, -0.15) is 23.1 Å². The molecule has 1 aromatic heterocycles. The van der Waals surface area contributed by atoms with Crippen molar-refractivity contribution in [3.63, 3.8) is 0 Å². The van der Waals surface area contributed by atoms with E-state index in [9.17, 15) is 13.2 Å².